The Bertz CT molecular complexity index is 465. The summed E-state index contributed by atoms with van der Waals surface area (Å²) in [5.41, 5.74) is 2.31. The Morgan fingerprint density at radius 1 is 1.29 bits per heavy atom. The first-order chi connectivity index (χ1) is 8.24. The summed E-state index contributed by atoms with van der Waals surface area (Å²) in [5.74, 6) is 0. The molecule has 2 heterocycles. The number of hydrogen-bond acceptors (Lipinski definition) is 3. The zero-order valence-electron chi connectivity index (χ0n) is 9.74. The molecule has 2 nitrogen and oxygen atoms in total. The Morgan fingerprint density at radius 3 is 2.82 bits per heavy atom. The van der Waals surface area contributed by atoms with Gasteiger partial charge in [-0.05, 0) is 53.0 Å². The minimum Gasteiger partial charge on any atom is -0.312 e. The second kappa shape index (κ2) is 6.28. The van der Waals surface area contributed by atoms with E-state index >= 15 is 0 Å². The van der Waals surface area contributed by atoms with E-state index in [-0.39, 0.29) is 0 Å². The average molecular weight is 311 g/mol. The third-order valence-corrected chi connectivity index (χ3v) is 4.16. The van der Waals surface area contributed by atoms with Crippen LogP contribution in [0.1, 0.15) is 16.1 Å². The van der Waals surface area contributed by atoms with Crippen molar-refractivity contribution in [2.24, 2.45) is 0 Å². The predicted octanol–water partition coefficient (Wildman–Crippen LogP) is 3.55. The number of hydrogen-bond donors (Lipinski definition) is 1. The molecule has 0 radical (unpaired) electrons. The van der Waals surface area contributed by atoms with Crippen LogP contribution in [0.15, 0.2) is 34.2 Å². The molecule has 0 spiro atoms. The number of thiophene rings is 1. The summed E-state index contributed by atoms with van der Waals surface area (Å²) in [4.78, 5) is 5.68. The molecule has 0 bridgehead atoms. The van der Waals surface area contributed by atoms with Gasteiger partial charge < -0.3 is 5.32 Å². The van der Waals surface area contributed by atoms with Gasteiger partial charge in [-0.25, -0.2) is 0 Å². The van der Waals surface area contributed by atoms with E-state index < -0.39 is 0 Å². The summed E-state index contributed by atoms with van der Waals surface area (Å²) >= 11 is 5.27. The van der Waals surface area contributed by atoms with Gasteiger partial charge in [0.15, 0.2) is 0 Å². The molecule has 2 rings (SSSR count). The van der Waals surface area contributed by atoms with Crippen molar-refractivity contribution >= 4 is 27.3 Å². The molecule has 2 aromatic heterocycles. The van der Waals surface area contributed by atoms with Gasteiger partial charge in [0, 0.05) is 29.9 Å². The van der Waals surface area contributed by atoms with E-state index in [1.807, 2.05) is 19.2 Å². The molecule has 0 aliphatic heterocycles. The van der Waals surface area contributed by atoms with E-state index in [4.69, 9.17) is 0 Å². The van der Waals surface area contributed by atoms with Gasteiger partial charge in [0.05, 0.1) is 3.79 Å². The van der Waals surface area contributed by atoms with Crippen LogP contribution in [-0.4, -0.2) is 11.5 Å². The fourth-order valence-corrected chi connectivity index (χ4v) is 3.02. The molecule has 0 aliphatic carbocycles. The fraction of sp³-hybridized carbons (Fsp3) is 0.308. The first kappa shape index (κ1) is 12.7. The molecule has 0 unspecified atom stereocenters. The quantitative estimate of drug-likeness (QED) is 0.854. The molecule has 4 heteroatoms. The monoisotopic (exact) mass is 310 g/mol. The van der Waals surface area contributed by atoms with Crippen molar-refractivity contribution in [2.75, 3.05) is 6.54 Å². The molecule has 1 N–H and O–H groups in total. The summed E-state index contributed by atoms with van der Waals surface area (Å²) < 4.78 is 1.20. The minimum atomic E-state index is 0.889. The van der Waals surface area contributed by atoms with Gasteiger partial charge in [-0.3, -0.25) is 4.98 Å². The van der Waals surface area contributed by atoms with Crippen LogP contribution in [0.5, 0.6) is 0 Å². The molecule has 0 saturated carbocycles. The van der Waals surface area contributed by atoms with Crippen LogP contribution in [-0.2, 0) is 13.0 Å². The van der Waals surface area contributed by atoms with Gasteiger partial charge in [0.2, 0.25) is 0 Å². The number of aromatic nitrogens is 1. The van der Waals surface area contributed by atoms with Crippen molar-refractivity contribution in [2.45, 2.75) is 19.9 Å². The van der Waals surface area contributed by atoms with Crippen LogP contribution in [0.3, 0.4) is 0 Å². The summed E-state index contributed by atoms with van der Waals surface area (Å²) in [6, 6.07) is 8.44. The van der Waals surface area contributed by atoms with Crippen LogP contribution in [0.25, 0.3) is 0 Å². The fourth-order valence-electron chi connectivity index (χ4n) is 1.53. The lowest BCUT2D eigenvalue weighted by molar-refractivity contribution is 0.688. The highest BCUT2D eigenvalue weighted by atomic mass is 79.9. The summed E-state index contributed by atoms with van der Waals surface area (Å²) in [5, 5.41) is 3.43. The van der Waals surface area contributed by atoms with E-state index in [9.17, 15) is 0 Å². The first-order valence-electron chi connectivity index (χ1n) is 5.60. The lowest BCUT2D eigenvalue weighted by atomic mass is 10.2. The summed E-state index contributed by atoms with van der Waals surface area (Å²) in [6.07, 6.45) is 3.01. The highest BCUT2D eigenvalue weighted by Gasteiger charge is 1.98. The molecule has 0 saturated heterocycles. The first-order valence-corrected chi connectivity index (χ1v) is 7.21. The summed E-state index contributed by atoms with van der Waals surface area (Å²) in [6.45, 7) is 3.90. The Labute approximate surface area is 114 Å². The van der Waals surface area contributed by atoms with Crippen molar-refractivity contribution in [3.05, 3.63) is 50.4 Å². The number of nitrogens with one attached hydrogen (secondary N) is 1. The highest BCUT2D eigenvalue weighted by molar-refractivity contribution is 9.11. The van der Waals surface area contributed by atoms with Gasteiger partial charge >= 0.3 is 0 Å². The molecule has 2 aromatic rings. The Balaban J connectivity index is 1.71. The van der Waals surface area contributed by atoms with E-state index in [2.05, 4.69) is 44.4 Å². The van der Waals surface area contributed by atoms with Crippen molar-refractivity contribution in [1.29, 1.82) is 0 Å². The molecular formula is C13H15BrN2S. The van der Waals surface area contributed by atoms with E-state index in [0.29, 0.717) is 0 Å². The van der Waals surface area contributed by atoms with Crippen LogP contribution >= 0.6 is 27.3 Å². The highest BCUT2D eigenvalue weighted by Crippen LogP contribution is 2.22. The number of rotatable bonds is 5. The number of pyridine rings is 1. The zero-order valence-corrected chi connectivity index (χ0v) is 12.1. The smallest absolute Gasteiger partial charge is 0.0701 e. The second-order valence-corrected chi connectivity index (χ2v) is 6.49. The van der Waals surface area contributed by atoms with Crippen molar-refractivity contribution in [3.8, 4) is 0 Å². The zero-order chi connectivity index (χ0) is 12.1. The maximum Gasteiger partial charge on any atom is 0.0701 e. The molecule has 0 aliphatic rings. The van der Waals surface area contributed by atoms with E-state index in [1.54, 1.807) is 11.3 Å². The number of aryl methyl sites for hydroxylation is 1. The van der Waals surface area contributed by atoms with Crippen LogP contribution < -0.4 is 5.32 Å². The maximum atomic E-state index is 4.28. The maximum absolute atomic E-state index is 4.28. The van der Waals surface area contributed by atoms with Crippen LogP contribution in [0, 0.1) is 6.92 Å². The number of nitrogens with zero attached hydrogens (tertiary/aromatic N) is 1. The van der Waals surface area contributed by atoms with Gasteiger partial charge in [-0.2, -0.15) is 0 Å². The third-order valence-electron chi connectivity index (χ3n) is 2.48. The van der Waals surface area contributed by atoms with Crippen LogP contribution in [0.4, 0.5) is 0 Å². The predicted molar refractivity (Wildman–Crippen MR) is 76.4 cm³/mol. The van der Waals surface area contributed by atoms with Crippen LogP contribution in [0.2, 0.25) is 0 Å². The Kier molecular flexibility index (Phi) is 4.71. The molecule has 0 atom stereocenters. The Hall–Kier alpha value is -0.710. The largest absolute Gasteiger partial charge is 0.312 e. The SMILES string of the molecule is Cc1ccc(CNCCc2ccc(Br)s2)cn1. The minimum absolute atomic E-state index is 0.889. The lowest BCUT2D eigenvalue weighted by Crippen LogP contribution is -2.16. The molecule has 90 valence electrons. The lowest BCUT2D eigenvalue weighted by Gasteiger charge is -2.03. The normalized spacial score (nSPS) is 10.7. The molecule has 0 amide bonds. The van der Waals surface area contributed by atoms with Crippen molar-refractivity contribution < 1.29 is 0 Å². The number of halogens is 1. The van der Waals surface area contributed by atoms with Gasteiger partial charge in [0.25, 0.3) is 0 Å². The molecule has 17 heavy (non-hydrogen) atoms. The van der Waals surface area contributed by atoms with Crippen molar-refractivity contribution in [3.63, 3.8) is 0 Å². The molecule has 0 aromatic carbocycles. The van der Waals surface area contributed by atoms with E-state index in [1.165, 1.54) is 14.2 Å². The second-order valence-electron chi connectivity index (χ2n) is 3.94. The summed E-state index contributed by atoms with van der Waals surface area (Å²) in [7, 11) is 0. The Morgan fingerprint density at radius 2 is 2.18 bits per heavy atom. The van der Waals surface area contributed by atoms with E-state index in [0.717, 1.165) is 25.2 Å². The topological polar surface area (TPSA) is 24.9 Å². The van der Waals surface area contributed by atoms with Crippen molar-refractivity contribution in [1.82, 2.24) is 10.3 Å². The molecular weight excluding hydrogens is 296 g/mol. The van der Waals surface area contributed by atoms with Gasteiger partial charge in [0.1, 0.15) is 0 Å². The van der Waals surface area contributed by atoms with Gasteiger partial charge in [-0.1, -0.05) is 6.07 Å². The average Bonchev–Trinajstić information content (AvgIpc) is 2.73. The van der Waals surface area contributed by atoms with Gasteiger partial charge in [-0.15, -0.1) is 11.3 Å². The third kappa shape index (κ3) is 4.22. The standard InChI is InChI=1S/C13H15BrN2S/c1-10-2-3-11(9-16-10)8-15-7-6-12-4-5-13(14)17-12/h2-5,9,15H,6-8H2,1H3. The molecule has 0 fully saturated rings.